The van der Waals surface area contributed by atoms with Crippen LogP contribution in [0.1, 0.15) is 25.7 Å². The van der Waals surface area contributed by atoms with E-state index in [1.165, 1.54) is 20.0 Å². The van der Waals surface area contributed by atoms with Crippen molar-refractivity contribution in [2.45, 2.75) is 31.7 Å². The zero-order chi connectivity index (χ0) is 9.42. The first-order valence-corrected chi connectivity index (χ1v) is 5.07. The summed E-state index contributed by atoms with van der Waals surface area (Å²) in [4.78, 5) is 11.5. The number of rotatable bonds is 1. The van der Waals surface area contributed by atoms with E-state index in [1.54, 1.807) is 0 Å². The highest BCUT2D eigenvalue weighted by Crippen LogP contribution is 2.44. The fourth-order valence-electron chi connectivity index (χ4n) is 2.98. The van der Waals surface area contributed by atoms with Crippen LogP contribution in [-0.2, 0) is 9.53 Å². The van der Waals surface area contributed by atoms with E-state index in [4.69, 9.17) is 10.5 Å². The molecule has 0 spiro atoms. The molecule has 3 fully saturated rings. The molecule has 0 heterocycles. The van der Waals surface area contributed by atoms with E-state index in [2.05, 4.69) is 0 Å². The molecule has 0 aliphatic heterocycles. The Hall–Kier alpha value is -0.570. The summed E-state index contributed by atoms with van der Waals surface area (Å²) in [5.74, 6) is 0.945. The van der Waals surface area contributed by atoms with Gasteiger partial charge in [0.25, 0.3) is 0 Å². The summed E-state index contributed by atoms with van der Waals surface area (Å²) < 4.78 is 4.79. The maximum Gasteiger partial charge on any atom is 0.310 e. The van der Waals surface area contributed by atoms with Crippen molar-refractivity contribution in [3.8, 4) is 0 Å². The summed E-state index contributed by atoms with van der Waals surface area (Å²) in [6, 6.07) is 0.0555. The van der Waals surface area contributed by atoms with E-state index < -0.39 is 0 Å². The smallest absolute Gasteiger partial charge is 0.310 e. The molecule has 0 saturated heterocycles. The molecule has 3 heteroatoms. The summed E-state index contributed by atoms with van der Waals surface area (Å²) in [6.45, 7) is 0. The fraction of sp³-hybridized carbons (Fsp3) is 0.900. The Morgan fingerprint density at radius 3 is 2.23 bits per heavy atom. The van der Waals surface area contributed by atoms with Gasteiger partial charge in [0.1, 0.15) is 0 Å². The minimum Gasteiger partial charge on any atom is -0.469 e. The Morgan fingerprint density at radius 1 is 1.23 bits per heavy atom. The van der Waals surface area contributed by atoms with Crippen molar-refractivity contribution in [2.24, 2.45) is 23.5 Å². The molecule has 2 N–H and O–H groups in total. The summed E-state index contributed by atoms with van der Waals surface area (Å²) in [7, 11) is 1.46. The zero-order valence-corrected chi connectivity index (χ0v) is 8.03. The largest absolute Gasteiger partial charge is 0.469 e. The molecule has 2 atom stereocenters. The van der Waals surface area contributed by atoms with Gasteiger partial charge in [-0.05, 0) is 37.5 Å². The predicted octanol–water partition coefficient (Wildman–Crippen LogP) is 0.923. The first-order valence-electron chi connectivity index (χ1n) is 5.07. The van der Waals surface area contributed by atoms with Gasteiger partial charge in [-0.15, -0.1) is 0 Å². The lowest BCUT2D eigenvalue weighted by Gasteiger charge is -2.45. The molecule has 0 aromatic rings. The number of nitrogens with two attached hydrogens (primary N) is 1. The average Bonchev–Trinajstić information content (AvgIpc) is 2.18. The lowest BCUT2D eigenvalue weighted by atomic mass is 9.62. The molecule has 3 aliphatic rings. The Morgan fingerprint density at radius 2 is 1.77 bits per heavy atom. The highest BCUT2D eigenvalue weighted by molar-refractivity contribution is 5.74. The zero-order valence-electron chi connectivity index (χ0n) is 8.03. The first kappa shape index (κ1) is 9.00. The van der Waals surface area contributed by atoms with E-state index in [0.29, 0.717) is 11.8 Å². The van der Waals surface area contributed by atoms with E-state index in [9.17, 15) is 4.79 Å². The van der Waals surface area contributed by atoms with Gasteiger partial charge in [0, 0.05) is 6.04 Å². The first-order chi connectivity index (χ1) is 6.24. The van der Waals surface area contributed by atoms with Crippen LogP contribution in [0.5, 0.6) is 0 Å². The monoisotopic (exact) mass is 183 g/mol. The predicted molar refractivity (Wildman–Crippen MR) is 48.9 cm³/mol. The third kappa shape index (κ3) is 1.35. The number of hydrogen-bond donors (Lipinski definition) is 1. The molecule has 0 amide bonds. The van der Waals surface area contributed by atoms with Crippen LogP contribution < -0.4 is 5.73 Å². The molecule has 3 nitrogen and oxygen atoms in total. The number of carbonyl (C=O) groups is 1. The van der Waals surface area contributed by atoms with E-state index in [0.717, 1.165) is 12.8 Å². The fourth-order valence-corrected chi connectivity index (χ4v) is 2.98. The van der Waals surface area contributed by atoms with Crippen LogP contribution in [-0.4, -0.2) is 19.1 Å². The van der Waals surface area contributed by atoms with Gasteiger partial charge in [-0.25, -0.2) is 0 Å². The topological polar surface area (TPSA) is 52.3 Å². The van der Waals surface area contributed by atoms with Crippen molar-refractivity contribution in [3.05, 3.63) is 0 Å². The minimum absolute atomic E-state index is 0.0162. The lowest BCUT2D eigenvalue weighted by molar-refractivity contribution is -0.152. The van der Waals surface area contributed by atoms with Gasteiger partial charge in [-0.1, -0.05) is 0 Å². The third-order valence-electron chi connectivity index (χ3n) is 3.76. The molecule has 3 rings (SSSR count). The third-order valence-corrected chi connectivity index (χ3v) is 3.76. The summed E-state index contributed by atoms with van der Waals surface area (Å²) in [5, 5.41) is 0. The second-order valence-electron chi connectivity index (χ2n) is 4.30. The van der Waals surface area contributed by atoms with Gasteiger partial charge >= 0.3 is 5.97 Å². The van der Waals surface area contributed by atoms with Gasteiger partial charge in [0.15, 0.2) is 0 Å². The number of esters is 1. The normalized spacial score (nSPS) is 43.2. The highest BCUT2D eigenvalue weighted by Gasteiger charge is 2.45. The lowest BCUT2D eigenvalue weighted by Crippen LogP contribution is -2.52. The minimum atomic E-state index is -0.0955. The summed E-state index contributed by atoms with van der Waals surface area (Å²) in [5.41, 5.74) is 6.04. The molecular formula is C10H17NO2. The van der Waals surface area contributed by atoms with E-state index in [-0.39, 0.29) is 17.9 Å². The standard InChI is InChI=1S/C10H17NO2/c1-13-10(12)8-6-2-4-7(5-3-6)9(8)11/h6-9H,2-5,11H2,1H3/t6?,7?,8-,9+/m1/s1. The molecule has 74 valence electrons. The van der Waals surface area contributed by atoms with Crippen LogP contribution in [0.25, 0.3) is 0 Å². The molecule has 13 heavy (non-hydrogen) atoms. The van der Waals surface area contributed by atoms with Gasteiger partial charge in [0.05, 0.1) is 13.0 Å². The van der Waals surface area contributed by atoms with Gasteiger partial charge < -0.3 is 10.5 Å². The van der Waals surface area contributed by atoms with Crippen molar-refractivity contribution in [3.63, 3.8) is 0 Å². The second kappa shape index (κ2) is 3.29. The van der Waals surface area contributed by atoms with Crippen LogP contribution in [0.2, 0.25) is 0 Å². The molecule has 0 aromatic heterocycles. The number of carbonyl (C=O) groups excluding carboxylic acids is 1. The van der Waals surface area contributed by atoms with Crippen LogP contribution in [0.4, 0.5) is 0 Å². The van der Waals surface area contributed by atoms with Crippen LogP contribution >= 0.6 is 0 Å². The van der Waals surface area contributed by atoms with Crippen molar-refractivity contribution >= 4 is 5.97 Å². The Bertz CT molecular complexity index is 207. The summed E-state index contributed by atoms with van der Waals surface area (Å²) >= 11 is 0. The molecule has 3 aliphatic carbocycles. The number of ether oxygens (including phenoxy) is 1. The van der Waals surface area contributed by atoms with Crippen molar-refractivity contribution in [1.82, 2.24) is 0 Å². The quantitative estimate of drug-likeness (QED) is 0.615. The average molecular weight is 183 g/mol. The Labute approximate surface area is 78.6 Å². The second-order valence-corrected chi connectivity index (χ2v) is 4.30. The summed E-state index contributed by atoms with van der Waals surface area (Å²) in [6.07, 6.45) is 4.74. The van der Waals surface area contributed by atoms with Crippen molar-refractivity contribution in [2.75, 3.05) is 7.11 Å². The molecule has 3 saturated carbocycles. The van der Waals surface area contributed by atoms with Crippen molar-refractivity contribution in [1.29, 1.82) is 0 Å². The van der Waals surface area contributed by atoms with Crippen LogP contribution in [0, 0.1) is 17.8 Å². The number of hydrogen-bond acceptors (Lipinski definition) is 3. The van der Waals surface area contributed by atoms with Crippen LogP contribution in [0.15, 0.2) is 0 Å². The number of fused-ring (bicyclic) bond motifs is 3. The molecular weight excluding hydrogens is 166 g/mol. The van der Waals surface area contributed by atoms with Gasteiger partial charge in [0.2, 0.25) is 0 Å². The SMILES string of the molecule is COC(=O)[C@@H]1C2CCC(CC2)[C@@H]1N. The van der Waals surface area contributed by atoms with Gasteiger partial charge in [-0.3, -0.25) is 4.79 Å². The van der Waals surface area contributed by atoms with E-state index in [1.807, 2.05) is 0 Å². The van der Waals surface area contributed by atoms with E-state index >= 15 is 0 Å². The maximum absolute atomic E-state index is 11.5. The molecule has 0 unspecified atom stereocenters. The molecule has 0 radical (unpaired) electrons. The highest BCUT2D eigenvalue weighted by atomic mass is 16.5. The maximum atomic E-state index is 11.5. The Kier molecular flexibility index (Phi) is 2.28. The van der Waals surface area contributed by atoms with Crippen molar-refractivity contribution < 1.29 is 9.53 Å². The molecule has 0 aromatic carbocycles. The number of methoxy groups -OCH3 is 1. The van der Waals surface area contributed by atoms with Crippen LogP contribution in [0.3, 0.4) is 0 Å². The molecule has 2 bridgehead atoms. The Balaban J connectivity index is 2.14. The van der Waals surface area contributed by atoms with Gasteiger partial charge in [-0.2, -0.15) is 0 Å².